The summed E-state index contributed by atoms with van der Waals surface area (Å²) in [5.74, 6) is 0.0898. The van der Waals surface area contributed by atoms with Crippen LogP contribution in [0.15, 0.2) is 91.0 Å². The van der Waals surface area contributed by atoms with Crippen molar-refractivity contribution in [2.24, 2.45) is 0 Å². The molecule has 34 heavy (non-hydrogen) atoms. The van der Waals surface area contributed by atoms with Crippen LogP contribution in [0.25, 0.3) is 28.2 Å². The molecule has 2 heterocycles. The molecule has 1 aliphatic heterocycles. The standard InChI is InChI=1S/C30H29N3O/c1-23-9-7-13-25(21-23)29-22-27(26-14-5-6-15-28(26)31-29)30(34)33-19-17-32(18-20-33)16-8-12-24-10-3-2-4-11-24/h2-15,21-22H,16-20H2,1H3/b12-8-. The molecule has 1 aromatic heterocycles. The number of fused-ring (bicyclic) bond motifs is 1. The van der Waals surface area contributed by atoms with Crippen molar-refractivity contribution in [1.82, 2.24) is 14.8 Å². The summed E-state index contributed by atoms with van der Waals surface area (Å²) in [4.78, 5) is 22.9. The fraction of sp³-hybridized carbons (Fsp3) is 0.200. The summed E-state index contributed by atoms with van der Waals surface area (Å²) in [6.45, 7) is 6.18. The summed E-state index contributed by atoms with van der Waals surface area (Å²) in [7, 11) is 0. The van der Waals surface area contributed by atoms with Gasteiger partial charge in [0.1, 0.15) is 0 Å². The Hall–Kier alpha value is -3.76. The lowest BCUT2D eigenvalue weighted by Crippen LogP contribution is -2.48. The number of aromatic nitrogens is 1. The van der Waals surface area contributed by atoms with Crippen LogP contribution in [-0.2, 0) is 0 Å². The first-order chi connectivity index (χ1) is 16.7. The summed E-state index contributed by atoms with van der Waals surface area (Å²) >= 11 is 0. The van der Waals surface area contributed by atoms with E-state index in [0.717, 1.165) is 60.4 Å². The number of benzene rings is 3. The van der Waals surface area contributed by atoms with E-state index in [-0.39, 0.29) is 5.91 Å². The molecule has 0 bridgehead atoms. The van der Waals surface area contributed by atoms with Crippen molar-refractivity contribution < 1.29 is 4.79 Å². The van der Waals surface area contributed by atoms with Gasteiger partial charge >= 0.3 is 0 Å². The minimum Gasteiger partial charge on any atom is -0.336 e. The van der Waals surface area contributed by atoms with E-state index in [9.17, 15) is 4.79 Å². The molecule has 1 amide bonds. The van der Waals surface area contributed by atoms with Gasteiger partial charge in [-0.05, 0) is 30.7 Å². The maximum Gasteiger partial charge on any atom is 0.254 e. The molecular weight excluding hydrogens is 418 g/mol. The highest BCUT2D eigenvalue weighted by atomic mass is 16.2. The monoisotopic (exact) mass is 447 g/mol. The summed E-state index contributed by atoms with van der Waals surface area (Å²) < 4.78 is 0. The van der Waals surface area contributed by atoms with Gasteiger partial charge in [-0.3, -0.25) is 9.69 Å². The lowest BCUT2D eigenvalue weighted by atomic mass is 10.0. The number of piperazine rings is 1. The van der Waals surface area contributed by atoms with Crippen LogP contribution in [0.3, 0.4) is 0 Å². The van der Waals surface area contributed by atoms with Gasteiger partial charge in [0.15, 0.2) is 0 Å². The van der Waals surface area contributed by atoms with E-state index in [1.54, 1.807) is 0 Å². The first-order valence-corrected chi connectivity index (χ1v) is 11.9. The van der Waals surface area contributed by atoms with Crippen LogP contribution in [0.2, 0.25) is 0 Å². The Morgan fingerprint density at radius 2 is 1.65 bits per heavy atom. The van der Waals surface area contributed by atoms with Gasteiger partial charge in [0.05, 0.1) is 16.8 Å². The molecule has 1 fully saturated rings. The third kappa shape index (κ3) is 4.92. The van der Waals surface area contributed by atoms with Gasteiger partial charge < -0.3 is 4.90 Å². The van der Waals surface area contributed by atoms with Crippen molar-refractivity contribution in [2.75, 3.05) is 32.7 Å². The van der Waals surface area contributed by atoms with Crippen LogP contribution in [-0.4, -0.2) is 53.4 Å². The molecule has 5 rings (SSSR count). The predicted molar refractivity (Wildman–Crippen MR) is 140 cm³/mol. The Morgan fingerprint density at radius 1 is 0.882 bits per heavy atom. The molecule has 0 aliphatic carbocycles. The maximum atomic E-state index is 13.6. The lowest BCUT2D eigenvalue weighted by molar-refractivity contribution is 0.0652. The molecule has 0 atom stereocenters. The number of pyridine rings is 1. The van der Waals surface area contributed by atoms with Gasteiger partial charge in [0.25, 0.3) is 5.91 Å². The topological polar surface area (TPSA) is 36.4 Å². The summed E-state index contributed by atoms with van der Waals surface area (Å²) in [6.07, 6.45) is 4.37. The van der Waals surface area contributed by atoms with E-state index < -0.39 is 0 Å². The highest BCUT2D eigenvalue weighted by Crippen LogP contribution is 2.26. The first kappa shape index (κ1) is 22.1. The average molecular weight is 448 g/mol. The van der Waals surface area contributed by atoms with Gasteiger partial charge in [-0.25, -0.2) is 4.98 Å². The molecule has 0 unspecified atom stereocenters. The SMILES string of the molecule is Cc1cccc(-c2cc(C(=O)N3CCN(C/C=C\c4ccccc4)CC3)c3ccccc3n2)c1. The van der Waals surface area contributed by atoms with Gasteiger partial charge in [0.2, 0.25) is 0 Å². The second-order valence-electron chi connectivity index (χ2n) is 8.85. The van der Waals surface area contributed by atoms with Gasteiger partial charge in [-0.1, -0.05) is 84.4 Å². The number of para-hydroxylation sites is 1. The van der Waals surface area contributed by atoms with E-state index in [2.05, 4.69) is 66.4 Å². The number of aryl methyl sites for hydroxylation is 1. The molecule has 170 valence electrons. The van der Waals surface area contributed by atoms with Crippen molar-refractivity contribution in [3.8, 4) is 11.3 Å². The zero-order valence-corrected chi connectivity index (χ0v) is 19.5. The number of hydrogen-bond acceptors (Lipinski definition) is 3. The Labute approximate surface area is 201 Å². The Kier molecular flexibility index (Phi) is 6.50. The van der Waals surface area contributed by atoms with Crippen molar-refractivity contribution in [3.05, 3.63) is 108 Å². The van der Waals surface area contributed by atoms with Crippen LogP contribution in [0.5, 0.6) is 0 Å². The fourth-order valence-electron chi connectivity index (χ4n) is 4.51. The number of nitrogens with zero attached hydrogens (tertiary/aromatic N) is 3. The number of amides is 1. The van der Waals surface area contributed by atoms with Crippen molar-refractivity contribution in [1.29, 1.82) is 0 Å². The average Bonchev–Trinajstić information content (AvgIpc) is 2.89. The number of carbonyl (C=O) groups excluding carboxylic acids is 1. The van der Waals surface area contributed by atoms with E-state index in [1.807, 2.05) is 47.4 Å². The minimum atomic E-state index is 0.0898. The van der Waals surface area contributed by atoms with Crippen molar-refractivity contribution in [3.63, 3.8) is 0 Å². The fourth-order valence-corrected chi connectivity index (χ4v) is 4.51. The molecule has 4 nitrogen and oxygen atoms in total. The third-order valence-corrected chi connectivity index (χ3v) is 6.39. The van der Waals surface area contributed by atoms with Crippen LogP contribution in [0.1, 0.15) is 21.5 Å². The van der Waals surface area contributed by atoms with E-state index >= 15 is 0 Å². The third-order valence-electron chi connectivity index (χ3n) is 6.39. The molecule has 0 spiro atoms. The first-order valence-electron chi connectivity index (χ1n) is 11.9. The number of carbonyl (C=O) groups is 1. The Balaban J connectivity index is 1.32. The molecule has 4 heteroatoms. The second kappa shape index (κ2) is 10.0. The van der Waals surface area contributed by atoms with E-state index in [1.165, 1.54) is 11.1 Å². The normalized spacial score (nSPS) is 14.7. The maximum absolute atomic E-state index is 13.6. The predicted octanol–water partition coefficient (Wildman–Crippen LogP) is 5.68. The van der Waals surface area contributed by atoms with Crippen LogP contribution in [0.4, 0.5) is 0 Å². The summed E-state index contributed by atoms with van der Waals surface area (Å²) in [5, 5.41) is 0.914. The largest absolute Gasteiger partial charge is 0.336 e. The van der Waals surface area contributed by atoms with Crippen molar-refractivity contribution in [2.45, 2.75) is 6.92 Å². The molecule has 4 aromatic rings. The molecule has 0 saturated carbocycles. The highest BCUT2D eigenvalue weighted by molar-refractivity contribution is 6.07. The van der Waals surface area contributed by atoms with E-state index in [4.69, 9.17) is 4.98 Å². The Morgan fingerprint density at radius 3 is 2.44 bits per heavy atom. The molecule has 1 aliphatic rings. The molecule has 0 radical (unpaired) electrons. The number of rotatable bonds is 5. The summed E-state index contributed by atoms with van der Waals surface area (Å²) in [5.41, 5.74) is 5.86. The highest BCUT2D eigenvalue weighted by Gasteiger charge is 2.24. The van der Waals surface area contributed by atoms with Gasteiger partial charge in [-0.2, -0.15) is 0 Å². The quantitative estimate of drug-likeness (QED) is 0.395. The Bertz CT molecular complexity index is 1320. The zero-order valence-electron chi connectivity index (χ0n) is 19.5. The smallest absolute Gasteiger partial charge is 0.254 e. The van der Waals surface area contributed by atoms with Crippen LogP contribution in [0, 0.1) is 6.92 Å². The molecule has 3 aromatic carbocycles. The van der Waals surface area contributed by atoms with Gasteiger partial charge in [0, 0.05) is 43.7 Å². The minimum absolute atomic E-state index is 0.0898. The van der Waals surface area contributed by atoms with E-state index in [0.29, 0.717) is 0 Å². The van der Waals surface area contributed by atoms with Gasteiger partial charge in [-0.15, -0.1) is 0 Å². The zero-order chi connectivity index (χ0) is 23.3. The summed E-state index contributed by atoms with van der Waals surface area (Å²) in [6, 6.07) is 28.5. The number of hydrogen-bond donors (Lipinski definition) is 0. The molecular formula is C30H29N3O. The molecule has 0 N–H and O–H groups in total. The van der Waals surface area contributed by atoms with Crippen molar-refractivity contribution >= 4 is 22.9 Å². The van der Waals surface area contributed by atoms with Crippen LogP contribution >= 0.6 is 0 Å². The van der Waals surface area contributed by atoms with Crippen LogP contribution < -0.4 is 0 Å². The molecule has 1 saturated heterocycles. The lowest BCUT2D eigenvalue weighted by Gasteiger charge is -2.34. The second-order valence-corrected chi connectivity index (χ2v) is 8.85.